The minimum absolute atomic E-state index is 0.375. The van der Waals surface area contributed by atoms with Crippen LogP contribution in [0.15, 0.2) is 35.7 Å². The summed E-state index contributed by atoms with van der Waals surface area (Å²) in [6.45, 7) is 5.89. The third-order valence-corrected chi connectivity index (χ3v) is 6.08. The molecule has 0 saturated carbocycles. The Morgan fingerprint density at radius 3 is 2.66 bits per heavy atom. The van der Waals surface area contributed by atoms with Crippen LogP contribution in [0.2, 0.25) is 0 Å². The first-order valence-corrected chi connectivity index (χ1v) is 12.0. The van der Waals surface area contributed by atoms with Gasteiger partial charge >= 0.3 is 12.2 Å². The van der Waals surface area contributed by atoms with Gasteiger partial charge in [0.15, 0.2) is 0 Å². The van der Waals surface area contributed by atoms with E-state index in [9.17, 15) is 14.7 Å². The number of nitrogens with zero attached hydrogens (tertiary/aromatic N) is 3. The topological polar surface area (TPSA) is 95.6 Å². The molecule has 168 valence electrons. The third-order valence-electron chi connectivity index (χ3n) is 4.61. The van der Waals surface area contributed by atoms with Crippen molar-refractivity contribution in [1.29, 1.82) is 0 Å². The molecule has 8 nitrogen and oxygen atoms in total. The molecule has 0 unspecified atom stereocenters. The number of hydrogen-bond donors (Lipinski definition) is 1. The van der Waals surface area contributed by atoms with Crippen molar-refractivity contribution in [2.75, 3.05) is 11.9 Å². The summed E-state index contributed by atoms with van der Waals surface area (Å²) in [6.07, 6.45) is -0.898. The zero-order valence-electron chi connectivity index (χ0n) is 17.8. The van der Waals surface area contributed by atoms with Crippen LogP contribution in [0.1, 0.15) is 27.2 Å². The zero-order chi connectivity index (χ0) is 23.0. The summed E-state index contributed by atoms with van der Waals surface area (Å²) in [5.41, 5.74) is 1.17. The van der Waals surface area contributed by atoms with Gasteiger partial charge in [-0.15, -0.1) is 11.3 Å². The van der Waals surface area contributed by atoms with Crippen LogP contribution < -0.4 is 4.74 Å². The molecule has 10 heteroatoms. The average Bonchev–Trinajstić information content (AvgIpc) is 3.39. The van der Waals surface area contributed by atoms with Gasteiger partial charge in [-0.1, -0.05) is 15.9 Å². The van der Waals surface area contributed by atoms with Crippen molar-refractivity contribution in [2.24, 2.45) is 0 Å². The summed E-state index contributed by atoms with van der Waals surface area (Å²) in [4.78, 5) is 24.9. The van der Waals surface area contributed by atoms with Crippen LogP contribution in [-0.4, -0.2) is 49.2 Å². The first-order valence-electron chi connectivity index (χ1n) is 9.97. The van der Waals surface area contributed by atoms with Crippen LogP contribution in [0.3, 0.4) is 0 Å². The Hall–Kier alpha value is -2.85. The van der Waals surface area contributed by atoms with Gasteiger partial charge in [-0.3, -0.25) is 0 Å². The summed E-state index contributed by atoms with van der Waals surface area (Å²) in [5, 5.41) is 17.8. The van der Waals surface area contributed by atoms with E-state index in [-0.39, 0.29) is 0 Å². The Labute approximate surface area is 196 Å². The highest BCUT2D eigenvalue weighted by Crippen LogP contribution is 2.36. The Bertz CT molecular complexity index is 1310. The standard InChI is InChI=1S/C22H22BrN3O5S/c1-22(2,3)31-21(29)26-16-7-10-32-19(16)18(24-26)17-12-13-11-14(30-9-4-8-23)5-6-15(13)25(17)20(27)28/h5-7,10-12H,4,8-9H2,1-3H3,(H,27,28). The number of aromatic nitrogens is 3. The molecule has 0 fully saturated rings. The third kappa shape index (κ3) is 4.24. The highest BCUT2D eigenvalue weighted by molar-refractivity contribution is 9.09. The number of fused-ring (bicyclic) bond motifs is 2. The van der Waals surface area contributed by atoms with Gasteiger partial charge in [0.05, 0.1) is 28.0 Å². The summed E-state index contributed by atoms with van der Waals surface area (Å²) in [5.74, 6) is 0.660. The van der Waals surface area contributed by atoms with E-state index in [1.807, 2.05) is 11.4 Å². The van der Waals surface area contributed by atoms with Crippen molar-refractivity contribution in [3.05, 3.63) is 35.7 Å². The lowest BCUT2D eigenvalue weighted by molar-refractivity contribution is 0.0523. The smallest absolute Gasteiger partial charge is 0.435 e. The van der Waals surface area contributed by atoms with Crippen molar-refractivity contribution >= 4 is 60.6 Å². The van der Waals surface area contributed by atoms with Gasteiger partial charge in [-0.05, 0) is 62.9 Å². The fourth-order valence-corrected chi connectivity index (χ4v) is 4.46. The van der Waals surface area contributed by atoms with Crippen molar-refractivity contribution in [1.82, 2.24) is 14.3 Å². The van der Waals surface area contributed by atoms with Crippen LogP contribution in [0.5, 0.6) is 5.75 Å². The average molecular weight is 520 g/mol. The van der Waals surface area contributed by atoms with Crippen molar-refractivity contribution in [2.45, 2.75) is 32.8 Å². The number of carbonyl (C=O) groups is 2. The summed E-state index contributed by atoms with van der Waals surface area (Å²) in [6, 6.07) is 8.79. The maximum absolute atomic E-state index is 12.7. The van der Waals surface area contributed by atoms with E-state index in [4.69, 9.17) is 9.47 Å². The molecule has 0 saturated heterocycles. The van der Waals surface area contributed by atoms with E-state index >= 15 is 0 Å². The quantitative estimate of drug-likeness (QED) is 0.249. The first kappa shape index (κ1) is 22.3. The van der Waals surface area contributed by atoms with E-state index in [2.05, 4.69) is 21.0 Å². The number of carboxylic acid groups (broad SMARTS) is 1. The molecule has 0 atom stereocenters. The Morgan fingerprint density at radius 2 is 1.97 bits per heavy atom. The largest absolute Gasteiger partial charge is 0.494 e. The predicted molar refractivity (Wildman–Crippen MR) is 128 cm³/mol. The number of hydrogen-bond acceptors (Lipinski definition) is 6. The van der Waals surface area contributed by atoms with Gasteiger partial charge < -0.3 is 14.6 Å². The number of rotatable bonds is 5. The van der Waals surface area contributed by atoms with Crippen molar-refractivity contribution in [3.63, 3.8) is 0 Å². The fraction of sp³-hybridized carbons (Fsp3) is 0.318. The summed E-state index contributed by atoms with van der Waals surface area (Å²) in [7, 11) is 0. The molecule has 3 heterocycles. The lowest BCUT2D eigenvalue weighted by Gasteiger charge is -2.19. The van der Waals surface area contributed by atoms with Gasteiger partial charge in [-0.2, -0.15) is 9.78 Å². The highest BCUT2D eigenvalue weighted by atomic mass is 79.9. The van der Waals surface area contributed by atoms with E-state index < -0.39 is 17.8 Å². The fourth-order valence-electron chi connectivity index (χ4n) is 3.37. The molecule has 0 radical (unpaired) electrons. The second-order valence-electron chi connectivity index (χ2n) is 8.13. The number of benzene rings is 1. The van der Waals surface area contributed by atoms with Gasteiger partial charge in [0.25, 0.3) is 0 Å². The molecule has 0 amide bonds. The molecular weight excluding hydrogens is 498 g/mol. The van der Waals surface area contributed by atoms with Crippen LogP contribution in [0, 0.1) is 0 Å². The molecular formula is C22H22BrN3O5S. The Balaban J connectivity index is 1.84. The van der Waals surface area contributed by atoms with E-state index in [1.54, 1.807) is 45.0 Å². The molecule has 0 aliphatic carbocycles. The van der Waals surface area contributed by atoms with Gasteiger partial charge in [0.1, 0.15) is 17.0 Å². The van der Waals surface area contributed by atoms with E-state index in [1.165, 1.54) is 20.6 Å². The molecule has 3 aromatic heterocycles. The number of halogens is 1. The van der Waals surface area contributed by atoms with Crippen LogP contribution in [0.4, 0.5) is 9.59 Å². The Kier molecular flexibility index (Phi) is 6.00. The maximum Gasteiger partial charge on any atom is 0.435 e. The molecule has 0 aliphatic heterocycles. The number of ether oxygens (including phenoxy) is 2. The zero-order valence-corrected chi connectivity index (χ0v) is 20.2. The monoisotopic (exact) mass is 519 g/mol. The minimum atomic E-state index is -1.14. The molecule has 4 aromatic rings. The van der Waals surface area contributed by atoms with Crippen molar-refractivity contribution < 1.29 is 24.2 Å². The van der Waals surface area contributed by atoms with Crippen LogP contribution in [0.25, 0.3) is 32.5 Å². The predicted octanol–water partition coefficient (Wildman–Crippen LogP) is 6.19. The van der Waals surface area contributed by atoms with Crippen LogP contribution >= 0.6 is 27.3 Å². The number of thiophene rings is 1. The Morgan fingerprint density at radius 1 is 1.19 bits per heavy atom. The SMILES string of the molecule is CC(C)(C)OC(=O)n1nc(-c2cc3cc(OCCCBr)ccc3n2C(=O)O)c2sccc21. The second-order valence-corrected chi connectivity index (χ2v) is 9.84. The number of alkyl halides is 1. The molecule has 4 rings (SSSR count). The van der Waals surface area contributed by atoms with E-state index in [0.29, 0.717) is 44.9 Å². The van der Waals surface area contributed by atoms with Crippen molar-refractivity contribution in [3.8, 4) is 17.1 Å². The molecule has 1 N–H and O–H groups in total. The highest BCUT2D eigenvalue weighted by Gasteiger charge is 2.26. The summed E-state index contributed by atoms with van der Waals surface area (Å²) >= 11 is 4.76. The van der Waals surface area contributed by atoms with Gasteiger partial charge in [0.2, 0.25) is 0 Å². The molecule has 0 aliphatic rings. The second kappa shape index (κ2) is 8.59. The van der Waals surface area contributed by atoms with Gasteiger partial charge in [0, 0.05) is 10.7 Å². The first-order chi connectivity index (χ1) is 15.2. The number of carbonyl (C=O) groups excluding carboxylic acids is 1. The molecule has 1 aromatic carbocycles. The molecule has 0 bridgehead atoms. The minimum Gasteiger partial charge on any atom is -0.494 e. The normalized spacial score (nSPS) is 11.9. The lowest BCUT2D eigenvalue weighted by Crippen LogP contribution is -2.27. The van der Waals surface area contributed by atoms with Gasteiger partial charge in [-0.25, -0.2) is 14.2 Å². The molecule has 0 spiro atoms. The maximum atomic E-state index is 12.7. The lowest BCUT2D eigenvalue weighted by atomic mass is 10.2. The van der Waals surface area contributed by atoms with Crippen LogP contribution in [-0.2, 0) is 4.74 Å². The molecule has 32 heavy (non-hydrogen) atoms. The van der Waals surface area contributed by atoms with E-state index in [0.717, 1.165) is 11.8 Å². The summed E-state index contributed by atoms with van der Waals surface area (Å²) < 4.78 is 14.3.